The van der Waals surface area contributed by atoms with Gasteiger partial charge in [0.25, 0.3) is 0 Å². The van der Waals surface area contributed by atoms with Gasteiger partial charge in [-0.3, -0.25) is 0 Å². The summed E-state index contributed by atoms with van der Waals surface area (Å²) in [5, 5.41) is 0. The predicted molar refractivity (Wildman–Crippen MR) is 51.0 cm³/mol. The monoisotopic (exact) mass is 171 g/mol. The standard InChI is InChI=1S/C10H21NO/c1-8(6-7-12-2)10(11)9-4-3-5-9/h8-10H,3-7,11H2,1-2H3. The molecule has 0 radical (unpaired) electrons. The Morgan fingerprint density at radius 3 is 2.58 bits per heavy atom. The minimum atomic E-state index is 0.411. The van der Waals surface area contributed by atoms with E-state index in [9.17, 15) is 0 Å². The van der Waals surface area contributed by atoms with Crippen LogP contribution in [0.5, 0.6) is 0 Å². The lowest BCUT2D eigenvalue weighted by Crippen LogP contribution is -2.40. The van der Waals surface area contributed by atoms with Crippen molar-refractivity contribution < 1.29 is 4.74 Å². The van der Waals surface area contributed by atoms with E-state index in [1.54, 1.807) is 7.11 Å². The van der Waals surface area contributed by atoms with E-state index in [0.29, 0.717) is 12.0 Å². The maximum Gasteiger partial charge on any atom is 0.0465 e. The fraction of sp³-hybridized carbons (Fsp3) is 1.00. The molecule has 0 saturated heterocycles. The van der Waals surface area contributed by atoms with Gasteiger partial charge in [-0.1, -0.05) is 13.3 Å². The lowest BCUT2D eigenvalue weighted by atomic mass is 9.75. The molecule has 1 saturated carbocycles. The van der Waals surface area contributed by atoms with Crippen LogP contribution in [0.1, 0.15) is 32.6 Å². The molecule has 2 heteroatoms. The second-order valence-electron chi connectivity index (χ2n) is 4.03. The number of hydrogen-bond acceptors (Lipinski definition) is 2. The fourth-order valence-electron chi connectivity index (χ4n) is 1.79. The van der Waals surface area contributed by atoms with Gasteiger partial charge in [-0.25, -0.2) is 0 Å². The first-order valence-corrected chi connectivity index (χ1v) is 5.00. The van der Waals surface area contributed by atoms with E-state index < -0.39 is 0 Å². The van der Waals surface area contributed by atoms with Crippen molar-refractivity contribution in [3.05, 3.63) is 0 Å². The number of ether oxygens (including phenoxy) is 1. The Hall–Kier alpha value is -0.0800. The van der Waals surface area contributed by atoms with Crippen molar-refractivity contribution in [2.45, 2.75) is 38.6 Å². The highest BCUT2D eigenvalue weighted by Gasteiger charge is 2.27. The highest BCUT2D eigenvalue weighted by molar-refractivity contribution is 4.83. The molecule has 1 rings (SSSR count). The molecule has 0 spiro atoms. The molecule has 0 amide bonds. The van der Waals surface area contributed by atoms with E-state index in [1.807, 2.05) is 0 Å². The number of methoxy groups -OCH3 is 1. The van der Waals surface area contributed by atoms with Gasteiger partial charge in [0.1, 0.15) is 0 Å². The van der Waals surface area contributed by atoms with Crippen molar-refractivity contribution in [3.63, 3.8) is 0 Å². The van der Waals surface area contributed by atoms with Crippen molar-refractivity contribution in [1.29, 1.82) is 0 Å². The summed E-state index contributed by atoms with van der Waals surface area (Å²) in [6, 6.07) is 0.411. The molecule has 12 heavy (non-hydrogen) atoms. The third-order valence-corrected chi connectivity index (χ3v) is 3.13. The molecule has 72 valence electrons. The SMILES string of the molecule is COCCC(C)C(N)C1CCC1. The van der Waals surface area contributed by atoms with E-state index in [-0.39, 0.29) is 0 Å². The van der Waals surface area contributed by atoms with Gasteiger partial charge in [0.05, 0.1) is 0 Å². The van der Waals surface area contributed by atoms with Crippen LogP contribution in [0.15, 0.2) is 0 Å². The van der Waals surface area contributed by atoms with Gasteiger partial charge in [-0.05, 0) is 31.1 Å². The van der Waals surface area contributed by atoms with Gasteiger partial charge in [-0.15, -0.1) is 0 Å². The molecule has 0 aliphatic heterocycles. The number of nitrogens with two attached hydrogens (primary N) is 1. The summed E-state index contributed by atoms with van der Waals surface area (Å²) in [6.45, 7) is 3.09. The fourth-order valence-corrected chi connectivity index (χ4v) is 1.79. The van der Waals surface area contributed by atoms with Crippen molar-refractivity contribution in [2.75, 3.05) is 13.7 Å². The Labute approximate surface area is 75.5 Å². The molecule has 2 unspecified atom stereocenters. The van der Waals surface area contributed by atoms with E-state index in [4.69, 9.17) is 10.5 Å². The van der Waals surface area contributed by atoms with Crippen LogP contribution in [0.25, 0.3) is 0 Å². The molecular weight excluding hydrogens is 150 g/mol. The summed E-state index contributed by atoms with van der Waals surface area (Å²) in [4.78, 5) is 0. The third-order valence-electron chi connectivity index (χ3n) is 3.13. The van der Waals surface area contributed by atoms with Crippen molar-refractivity contribution in [3.8, 4) is 0 Å². The maximum absolute atomic E-state index is 6.11. The Morgan fingerprint density at radius 1 is 1.50 bits per heavy atom. The minimum Gasteiger partial charge on any atom is -0.385 e. The Kier molecular flexibility index (Phi) is 4.02. The first-order chi connectivity index (χ1) is 5.75. The highest BCUT2D eigenvalue weighted by Crippen LogP contribution is 2.32. The van der Waals surface area contributed by atoms with Crippen LogP contribution in [0.2, 0.25) is 0 Å². The zero-order chi connectivity index (χ0) is 8.97. The molecule has 0 aromatic carbocycles. The molecule has 0 heterocycles. The summed E-state index contributed by atoms with van der Waals surface area (Å²) in [5.41, 5.74) is 6.11. The smallest absolute Gasteiger partial charge is 0.0465 e. The molecule has 2 N–H and O–H groups in total. The molecule has 0 bridgehead atoms. The average Bonchev–Trinajstić information content (AvgIpc) is 1.96. The van der Waals surface area contributed by atoms with Crippen LogP contribution in [0.3, 0.4) is 0 Å². The summed E-state index contributed by atoms with van der Waals surface area (Å²) in [7, 11) is 1.75. The number of hydrogen-bond donors (Lipinski definition) is 1. The van der Waals surface area contributed by atoms with Crippen molar-refractivity contribution in [1.82, 2.24) is 0 Å². The minimum absolute atomic E-state index is 0.411. The van der Waals surface area contributed by atoms with Crippen LogP contribution < -0.4 is 5.73 Å². The van der Waals surface area contributed by atoms with E-state index in [0.717, 1.165) is 18.9 Å². The topological polar surface area (TPSA) is 35.2 Å². The second-order valence-corrected chi connectivity index (χ2v) is 4.03. The lowest BCUT2D eigenvalue weighted by molar-refractivity contribution is 0.150. The molecule has 1 aliphatic rings. The summed E-state index contributed by atoms with van der Waals surface area (Å²) in [6.07, 6.45) is 5.18. The van der Waals surface area contributed by atoms with Crippen LogP contribution >= 0.6 is 0 Å². The normalized spacial score (nSPS) is 23.2. The summed E-state index contributed by atoms with van der Waals surface area (Å²) < 4.78 is 5.04. The first kappa shape index (κ1) is 10.0. The Morgan fingerprint density at radius 2 is 2.17 bits per heavy atom. The van der Waals surface area contributed by atoms with Crippen LogP contribution in [0, 0.1) is 11.8 Å². The largest absolute Gasteiger partial charge is 0.385 e. The van der Waals surface area contributed by atoms with Crippen molar-refractivity contribution >= 4 is 0 Å². The van der Waals surface area contributed by atoms with Gasteiger partial charge >= 0.3 is 0 Å². The average molecular weight is 171 g/mol. The van der Waals surface area contributed by atoms with Crippen LogP contribution in [-0.4, -0.2) is 19.8 Å². The summed E-state index contributed by atoms with van der Waals surface area (Å²) >= 11 is 0. The van der Waals surface area contributed by atoms with E-state index in [2.05, 4.69) is 6.92 Å². The maximum atomic E-state index is 6.11. The van der Waals surface area contributed by atoms with Crippen LogP contribution in [-0.2, 0) is 4.74 Å². The molecule has 2 nitrogen and oxygen atoms in total. The van der Waals surface area contributed by atoms with Crippen molar-refractivity contribution in [2.24, 2.45) is 17.6 Å². The first-order valence-electron chi connectivity index (χ1n) is 5.00. The second kappa shape index (κ2) is 4.83. The van der Waals surface area contributed by atoms with Crippen LogP contribution in [0.4, 0.5) is 0 Å². The van der Waals surface area contributed by atoms with Gasteiger partial charge in [0.2, 0.25) is 0 Å². The quantitative estimate of drug-likeness (QED) is 0.684. The zero-order valence-corrected chi connectivity index (χ0v) is 8.25. The predicted octanol–water partition coefficient (Wildman–Crippen LogP) is 1.79. The van der Waals surface area contributed by atoms with E-state index >= 15 is 0 Å². The Bertz CT molecular complexity index is 123. The van der Waals surface area contributed by atoms with E-state index in [1.165, 1.54) is 19.3 Å². The van der Waals surface area contributed by atoms with Gasteiger partial charge < -0.3 is 10.5 Å². The van der Waals surface area contributed by atoms with Gasteiger partial charge in [-0.2, -0.15) is 0 Å². The number of rotatable bonds is 5. The molecule has 2 atom stereocenters. The molecule has 1 aliphatic carbocycles. The summed E-state index contributed by atoms with van der Waals surface area (Å²) in [5.74, 6) is 1.42. The zero-order valence-electron chi connectivity index (χ0n) is 8.25. The van der Waals surface area contributed by atoms with Gasteiger partial charge in [0, 0.05) is 19.8 Å². The molecule has 0 aromatic rings. The van der Waals surface area contributed by atoms with Gasteiger partial charge in [0.15, 0.2) is 0 Å². The molecule has 1 fully saturated rings. The highest BCUT2D eigenvalue weighted by atomic mass is 16.5. The molecule has 0 aromatic heterocycles. The third kappa shape index (κ3) is 2.46. The molecular formula is C10H21NO. The Balaban J connectivity index is 2.15. The lowest BCUT2D eigenvalue weighted by Gasteiger charge is -2.34.